The molecule has 8 rings (SSSR count). The van der Waals surface area contributed by atoms with Gasteiger partial charge in [-0.25, -0.2) is 4.98 Å². The van der Waals surface area contributed by atoms with Gasteiger partial charge in [-0.15, -0.1) is 0 Å². The summed E-state index contributed by atoms with van der Waals surface area (Å²) in [4.78, 5) is 9.92. The second-order valence-electron chi connectivity index (χ2n) is 10.6. The minimum absolute atomic E-state index is 0.170. The minimum Gasteiger partial charge on any atom is -0.316 e. The first-order chi connectivity index (χ1) is 20.2. The summed E-state index contributed by atoms with van der Waals surface area (Å²) in [6.07, 6.45) is 10.6. The van der Waals surface area contributed by atoms with E-state index in [-0.39, 0.29) is 12.0 Å². The van der Waals surface area contributed by atoms with Crippen LogP contribution in [0.2, 0.25) is 0 Å². The predicted molar refractivity (Wildman–Crippen MR) is 168 cm³/mol. The number of hydrogen-bond donors (Lipinski definition) is 0. The van der Waals surface area contributed by atoms with E-state index in [9.17, 15) is 4.57 Å². The number of fused-ring (bicyclic) bond motifs is 8. The van der Waals surface area contributed by atoms with E-state index >= 15 is 0 Å². The van der Waals surface area contributed by atoms with Crippen LogP contribution in [-0.4, -0.2) is 14.5 Å². The molecule has 0 bridgehead atoms. The molecule has 0 saturated heterocycles. The van der Waals surface area contributed by atoms with Crippen LogP contribution in [0.4, 0.5) is 0 Å². The average molecular weight is 548 g/mol. The lowest BCUT2D eigenvalue weighted by molar-refractivity contribution is 0.548. The lowest BCUT2D eigenvalue weighted by Gasteiger charge is -2.34. The van der Waals surface area contributed by atoms with Crippen molar-refractivity contribution >= 4 is 34.1 Å². The van der Waals surface area contributed by atoms with Crippen molar-refractivity contribution in [3.8, 4) is 22.6 Å². The lowest BCUT2D eigenvalue weighted by atomic mass is 9.81. The maximum atomic E-state index is 14.7. The number of allylic oxidation sites excluding steroid dienone is 4. The fourth-order valence-corrected chi connectivity index (χ4v) is 8.92. The number of pyridine rings is 1. The largest absolute Gasteiger partial charge is 0.316 e. The van der Waals surface area contributed by atoms with Crippen molar-refractivity contribution in [2.75, 3.05) is 0 Å². The highest BCUT2D eigenvalue weighted by molar-refractivity contribution is 7.85. The molecule has 4 aromatic carbocycles. The standard InChI is InChI=1S/C36H26N3OP/c40-41(26-11-3-1-4-12-26,27-13-5-2-6-14-27)28-20-22-32(37-24-28)25-19-21-30-31(23-25)29-15-7-9-17-34(29)39-35-18-10-8-16-33(35)38-36(30)39/h1-24,29,34H. The summed E-state index contributed by atoms with van der Waals surface area (Å²) in [5.41, 5.74) is 6.47. The zero-order valence-corrected chi connectivity index (χ0v) is 23.1. The van der Waals surface area contributed by atoms with Gasteiger partial charge in [-0.2, -0.15) is 0 Å². The van der Waals surface area contributed by atoms with E-state index in [4.69, 9.17) is 9.97 Å². The minimum atomic E-state index is -3.07. The first-order valence-corrected chi connectivity index (χ1v) is 15.6. The second-order valence-corrected chi connectivity index (χ2v) is 13.3. The Hall–Kier alpha value is -4.79. The summed E-state index contributed by atoms with van der Waals surface area (Å²) < 4.78 is 17.1. The third-order valence-electron chi connectivity index (χ3n) is 8.30. The third kappa shape index (κ3) is 3.72. The number of nitrogens with zero attached hydrogens (tertiary/aromatic N) is 3. The van der Waals surface area contributed by atoms with E-state index in [1.165, 1.54) is 5.56 Å². The molecule has 5 heteroatoms. The Balaban J connectivity index is 1.23. The molecule has 0 spiro atoms. The van der Waals surface area contributed by atoms with E-state index < -0.39 is 7.14 Å². The summed E-state index contributed by atoms with van der Waals surface area (Å²) >= 11 is 0. The molecular formula is C36H26N3OP. The topological polar surface area (TPSA) is 47.8 Å². The van der Waals surface area contributed by atoms with E-state index in [1.54, 1.807) is 6.20 Å². The average Bonchev–Trinajstić information content (AvgIpc) is 3.45. The molecule has 0 radical (unpaired) electrons. The molecule has 0 fully saturated rings. The lowest BCUT2D eigenvalue weighted by Crippen LogP contribution is -2.25. The van der Waals surface area contributed by atoms with Gasteiger partial charge in [0, 0.05) is 39.2 Å². The Kier molecular flexibility index (Phi) is 5.51. The molecule has 6 aromatic rings. The second kappa shape index (κ2) is 9.40. The molecular weight excluding hydrogens is 521 g/mol. The van der Waals surface area contributed by atoms with Gasteiger partial charge in [-0.05, 0) is 35.9 Å². The summed E-state index contributed by atoms with van der Waals surface area (Å²) in [6, 6.07) is 38.5. The Morgan fingerprint density at radius 3 is 2.12 bits per heavy atom. The molecule has 0 amide bonds. The summed E-state index contributed by atoms with van der Waals surface area (Å²) in [7, 11) is -3.07. The van der Waals surface area contributed by atoms with Crippen LogP contribution in [0.3, 0.4) is 0 Å². The van der Waals surface area contributed by atoms with Crippen molar-refractivity contribution < 1.29 is 4.57 Å². The van der Waals surface area contributed by atoms with E-state index in [1.807, 2.05) is 78.9 Å². The van der Waals surface area contributed by atoms with Gasteiger partial charge in [-0.1, -0.05) is 109 Å². The maximum absolute atomic E-state index is 14.7. The highest BCUT2D eigenvalue weighted by atomic mass is 31.2. The highest BCUT2D eigenvalue weighted by Gasteiger charge is 2.34. The number of aromatic nitrogens is 3. The molecule has 2 aromatic heterocycles. The number of rotatable bonds is 4. The van der Waals surface area contributed by atoms with Crippen molar-refractivity contribution in [2.24, 2.45) is 0 Å². The fraction of sp³-hybridized carbons (Fsp3) is 0.0556. The van der Waals surface area contributed by atoms with Gasteiger partial charge in [0.25, 0.3) is 0 Å². The summed E-state index contributed by atoms with van der Waals surface area (Å²) in [6.45, 7) is 0. The summed E-state index contributed by atoms with van der Waals surface area (Å²) in [5.74, 6) is 1.21. The van der Waals surface area contributed by atoms with Crippen LogP contribution in [0.25, 0.3) is 33.7 Å². The molecule has 2 atom stereocenters. The number of hydrogen-bond acceptors (Lipinski definition) is 3. The van der Waals surface area contributed by atoms with Gasteiger partial charge >= 0.3 is 0 Å². The van der Waals surface area contributed by atoms with Gasteiger partial charge in [0.1, 0.15) is 5.82 Å². The van der Waals surface area contributed by atoms with Gasteiger partial charge in [0.15, 0.2) is 7.14 Å². The normalized spacial score (nSPS) is 17.2. The van der Waals surface area contributed by atoms with Crippen LogP contribution in [0.15, 0.2) is 146 Å². The Morgan fingerprint density at radius 1 is 0.683 bits per heavy atom. The first-order valence-electron chi connectivity index (χ1n) is 13.9. The Bertz CT molecular complexity index is 1980. The number of para-hydroxylation sites is 2. The molecule has 2 aliphatic rings. The van der Waals surface area contributed by atoms with Crippen LogP contribution in [0, 0.1) is 0 Å². The van der Waals surface area contributed by atoms with E-state index in [0.717, 1.165) is 49.6 Å². The first kappa shape index (κ1) is 24.0. The molecule has 2 unspecified atom stereocenters. The van der Waals surface area contributed by atoms with Crippen LogP contribution < -0.4 is 15.9 Å². The molecule has 4 nitrogen and oxygen atoms in total. The van der Waals surface area contributed by atoms with Crippen molar-refractivity contribution in [1.29, 1.82) is 0 Å². The molecule has 3 heterocycles. The van der Waals surface area contributed by atoms with Crippen molar-refractivity contribution in [3.05, 3.63) is 151 Å². The van der Waals surface area contributed by atoms with Crippen molar-refractivity contribution in [1.82, 2.24) is 14.5 Å². The van der Waals surface area contributed by atoms with Gasteiger partial charge in [0.05, 0.1) is 22.8 Å². The van der Waals surface area contributed by atoms with Crippen LogP contribution in [0.1, 0.15) is 17.5 Å². The molecule has 1 aliphatic carbocycles. The van der Waals surface area contributed by atoms with E-state index in [0.29, 0.717) is 0 Å². The molecule has 196 valence electrons. The predicted octanol–water partition coefficient (Wildman–Crippen LogP) is 7.17. The van der Waals surface area contributed by atoms with Gasteiger partial charge in [-0.3, -0.25) is 4.98 Å². The monoisotopic (exact) mass is 547 g/mol. The zero-order valence-electron chi connectivity index (χ0n) is 22.2. The van der Waals surface area contributed by atoms with Gasteiger partial charge < -0.3 is 9.13 Å². The molecule has 1 aliphatic heterocycles. The van der Waals surface area contributed by atoms with Crippen molar-refractivity contribution in [2.45, 2.75) is 12.0 Å². The van der Waals surface area contributed by atoms with E-state index in [2.05, 4.69) is 65.3 Å². The maximum Gasteiger partial charge on any atom is 0.172 e. The number of imidazole rings is 1. The van der Waals surface area contributed by atoms with Crippen molar-refractivity contribution in [3.63, 3.8) is 0 Å². The fourth-order valence-electron chi connectivity index (χ4n) is 6.33. The Labute approximate surface area is 238 Å². The molecule has 0 N–H and O–H groups in total. The third-order valence-corrected chi connectivity index (χ3v) is 11.3. The van der Waals surface area contributed by atoms with Gasteiger partial charge in [0.2, 0.25) is 0 Å². The summed E-state index contributed by atoms with van der Waals surface area (Å²) in [5, 5.41) is 2.34. The highest BCUT2D eigenvalue weighted by Crippen LogP contribution is 2.48. The zero-order chi connectivity index (χ0) is 27.4. The van der Waals surface area contributed by atoms with Crippen LogP contribution in [0.5, 0.6) is 0 Å². The number of benzene rings is 4. The smallest absolute Gasteiger partial charge is 0.172 e. The van der Waals surface area contributed by atoms with Crippen LogP contribution >= 0.6 is 7.14 Å². The SMILES string of the molecule is O=P(c1ccccc1)(c1ccccc1)c1ccc(-c2ccc3c(c2)C2C=CC=CC2n2c-3nc3ccccc32)nc1. The Morgan fingerprint density at radius 2 is 1.39 bits per heavy atom. The molecule has 41 heavy (non-hydrogen) atoms. The quantitative estimate of drug-likeness (QED) is 0.220. The van der Waals surface area contributed by atoms with Crippen LogP contribution in [-0.2, 0) is 4.57 Å². The molecule has 0 saturated carbocycles.